The molecule has 7 heteroatoms. The van der Waals surface area contributed by atoms with Gasteiger partial charge in [-0.2, -0.15) is 0 Å². The standard InChI is InChI=1S/C20H18Cl2N2O2S/c1-12-18(27-20(24-12)16-8-3-4-9-17(16)22)11-23-19(25)13(2)26-15-7-5-6-14(21)10-15/h3-10,13H,11H2,1-2H3,(H,23,25). The SMILES string of the molecule is Cc1nc(-c2ccccc2Cl)sc1CNC(=O)C(C)Oc1cccc(Cl)c1. The van der Waals surface area contributed by atoms with Gasteiger partial charge in [0.05, 0.1) is 17.3 Å². The van der Waals surface area contributed by atoms with Crippen LogP contribution in [0.3, 0.4) is 0 Å². The number of halogens is 2. The Labute approximate surface area is 172 Å². The van der Waals surface area contributed by atoms with Crippen LogP contribution in [0.1, 0.15) is 17.5 Å². The van der Waals surface area contributed by atoms with Crippen molar-refractivity contribution in [3.8, 4) is 16.3 Å². The van der Waals surface area contributed by atoms with E-state index < -0.39 is 6.10 Å². The van der Waals surface area contributed by atoms with Gasteiger partial charge in [-0.1, -0.05) is 47.5 Å². The van der Waals surface area contributed by atoms with E-state index in [1.54, 1.807) is 31.2 Å². The van der Waals surface area contributed by atoms with Crippen molar-refractivity contribution in [3.63, 3.8) is 0 Å². The Morgan fingerprint density at radius 1 is 1.22 bits per heavy atom. The Morgan fingerprint density at radius 3 is 2.74 bits per heavy atom. The van der Waals surface area contributed by atoms with Gasteiger partial charge >= 0.3 is 0 Å². The van der Waals surface area contributed by atoms with Crippen LogP contribution in [0, 0.1) is 6.92 Å². The molecule has 1 amide bonds. The first-order valence-electron chi connectivity index (χ1n) is 8.35. The quantitative estimate of drug-likeness (QED) is 0.571. The van der Waals surface area contributed by atoms with Crippen molar-refractivity contribution in [2.75, 3.05) is 0 Å². The molecular formula is C20H18Cl2N2O2S. The van der Waals surface area contributed by atoms with Crippen molar-refractivity contribution in [2.24, 2.45) is 0 Å². The van der Waals surface area contributed by atoms with Gasteiger partial charge in [0, 0.05) is 15.5 Å². The molecule has 1 atom stereocenters. The summed E-state index contributed by atoms with van der Waals surface area (Å²) in [6, 6.07) is 14.5. The van der Waals surface area contributed by atoms with Crippen molar-refractivity contribution in [1.29, 1.82) is 0 Å². The number of ether oxygens (including phenoxy) is 1. The summed E-state index contributed by atoms with van der Waals surface area (Å²) in [6.07, 6.45) is -0.639. The molecule has 3 rings (SSSR count). The molecule has 0 radical (unpaired) electrons. The van der Waals surface area contributed by atoms with Crippen LogP contribution in [0.2, 0.25) is 10.0 Å². The van der Waals surface area contributed by atoms with Crippen LogP contribution in [0.4, 0.5) is 0 Å². The molecule has 2 aromatic carbocycles. The smallest absolute Gasteiger partial charge is 0.261 e. The predicted octanol–water partition coefficient (Wildman–Crippen LogP) is 5.51. The van der Waals surface area contributed by atoms with E-state index in [0.29, 0.717) is 22.3 Å². The molecule has 0 bridgehead atoms. The molecule has 0 fully saturated rings. The van der Waals surface area contributed by atoms with E-state index in [2.05, 4.69) is 10.3 Å². The first-order valence-corrected chi connectivity index (χ1v) is 9.92. The minimum atomic E-state index is -0.639. The third-order valence-corrected chi connectivity index (χ3v) is 5.65. The number of benzene rings is 2. The Morgan fingerprint density at radius 2 is 2.00 bits per heavy atom. The highest BCUT2D eigenvalue weighted by molar-refractivity contribution is 7.15. The van der Waals surface area contributed by atoms with Gasteiger partial charge in [0.2, 0.25) is 0 Å². The summed E-state index contributed by atoms with van der Waals surface area (Å²) in [7, 11) is 0. The second kappa shape index (κ2) is 8.74. The van der Waals surface area contributed by atoms with Gasteiger partial charge in [0.1, 0.15) is 10.8 Å². The van der Waals surface area contributed by atoms with Gasteiger partial charge < -0.3 is 10.1 Å². The zero-order valence-corrected chi connectivity index (χ0v) is 17.2. The molecule has 0 aliphatic rings. The average molecular weight is 421 g/mol. The lowest BCUT2D eigenvalue weighted by atomic mass is 10.2. The summed E-state index contributed by atoms with van der Waals surface area (Å²) in [5.74, 6) is 0.349. The summed E-state index contributed by atoms with van der Waals surface area (Å²) in [5.41, 5.74) is 1.76. The summed E-state index contributed by atoms with van der Waals surface area (Å²) in [4.78, 5) is 17.9. The normalized spacial score (nSPS) is 11.9. The summed E-state index contributed by atoms with van der Waals surface area (Å²) >= 11 is 13.7. The molecule has 27 heavy (non-hydrogen) atoms. The topological polar surface area (TPSA) is 51.2 Å². The molecule has 4 nitrogen and oxygen atoms in total. The number of aromatic nitrogens is 1. The highest BCUT2D eigenvalue weighted by Crippen LogP contribution is 2.32. The molecule has 0 aliphatic carbocycles. The summed E-state index contributed by atoms with van der Waals surface area (Å²) < 4.78 is 5.64. The van der Waals surface area contributed by atoms with Crippen LogP contribution in [0.5, 0.6) is 5.75 Å². The van der Waals surface area contributed by atoms with Gasteiger partial charge in [0.15, 0.2) is 6.10 Å². The van der Waals surface area contributed by atoms with Crippen molar-refractivity contribution in [2.45, 2.75) is 26.5 Å². The predicted molar refractivity (Wildman–Crippen MR) is 111 cm³/mol. The van der Waals surface area contributed by atoms with Gasteiger partial charge in [-0.05, 0) is 38.1 Å². The fraction of sp³-hybridized carbons (Fsp3) is 0.200. The lowest BCUT2D eigenvalue weighted by Crippen LogP contribution is -2.35. The second-order valence-electron chi connectivity index (χ2n) is 5.94. The van der Waals surface area contributed by atoms with Crippen LogP contribution < -0.4 is 10.1 Å². The number of nitrogens with zero attached hydrogens (tertiary/aromatic N) is 1. The molecule has 1 N–H and O–H groups in total. The first kappa shape index (κ1) is 19.7. The van der Waals surface area contributed by atoms with E-state index in [0.717, 1.165) is 21.1 Å². The zero-order chi connectivity index (χ0) is 19.4. The van der Waals surface area contributed by atoms with E-state index in [4.69, 9.17) is 27.9 Å². The number of nitrogens with one attached hydrogen (secondary N) is 1. The number of carbonyl (C=O) groups excluding carboxylic acids is 1. The number of thiazole rings is 1. The largest absolute Gasteiger partial charge is 0.481 e. The molecule has 0 aliphatic heterocycles. The minimum Gasteiger partial charge on any atom is -0.481 e. The lowest BCUT2D eigenvalue weighted by Gasteiger charge is -2.14. The van der Waals surface area contributed by atoms with Crippen molar-refractivity contribution in [3.05, 3.63) is 69.1 Å². The van der Waals surface area contributed by atoms with Crippen molar-refractivity contribution >= 4 is 40.4 Å². The molecule has 3 aromatic rings. The maximum absolute atomic E-state index is 12.3. The van der Waals surface area contributed by atoms with Gasteiger partial charge in [0.25, 0.3) is 5.91 Å². The minimum absolute atomic E-state index is 0.206. The second-order valence-corrected chi connectivity index (χ2v) is 7.87. The first-order chi connectivity index (χ1) is 12.9. The number of rotatable bonds is 6. The zero-order valence-electron chi connectivity index (χ0n) is 14.8. The third kappa shape index (κ3) is 5.01. The number of hydrogen-bond donors (Lipinski definition) is 1. The van der Waals surface area contributed by atoms with Crippen LogP contribution in [0.25, 0.3) is 10.6 Å². The number of hydrogen-bond acceptors (Lipinski definition) is 4. The number of aryl methyl sites for hydroxylation is 1. The fourth-order valence-electron chi connectivity index (χ4n) is 2.45. The maximum Gasteiger partial charge on any atom is 0.261 e. The van der Waals surface area contributed by atoms with E-state index >= 15 is 0 Å². The Bertz CT molecular complexity index is 959. The van der Waals surface area contributed by atoms with Gasteiger partial charge in [-0.25, -0.2) is 4.98 Å². The summed E-state index contributed by atoms with van der Waals surface area (Å²) in [6.45, 7) is 4.01. The average Bonchev–Trinajstić information content (AvgIpc) is 3.00. The number of amides is 1. The monoisotopic (exact) mass is 420 g/mol. The van der Waals surface area contributed by atoms with Crippen LogP contribution in [0.15, 0.2) is 48.5 Å². The Hall–Kier alpha value is -2.08. The van der Waals surface area contributed by atoms with Crippen LogP contribution in [-0.2, 0) is 11.3 Å². The van der Waals surface area contributed by atoms with Crippen LogP contribution in [-0.4, -0.2) is 17.0 Å². The van der Waals surface area contributed by atoms with E-state index in [1.165, 1.54) is 11.3 Å². The molecule has 0 saturated carbocycles. The number of carbonyl (C=O) groups is 1. The van der Waals surface area contributed by atoms with Gasteiger partial charge in [-0.3, -0.25) is 4.79 Å². The molecule has 1 heterocycles. The highest BCUT2D eigenvalue weighted by Gasteiger charge is 2.17. The Balaban J connectivity index is 1.63. The molecule has 140 valence electrons. The highest BCUT2D eigenvalue weighted by atomic mass is 35.5. The molecule has 1 unspecified atom stereocenters. The van der Waals surface area contributed by atoms with Crippen molar-refractivity contribution < 1.29 is 9.53 Å². The summed E-state index contributed by atoms with van der Waals surface area (Å²) in [5, 5.41) is 4.95. The Kier molecular flexibility index (Phi) is 6.37. The lowest BCUT2D eigenvalue weighted by molar-refractivity contribution is -0.127. The molecule has 0 saturated heterocycles. The fourth-order valence-corrected chi connectivity index (χ4v) is 3.95. The van der Waals surface area contributed by atoms with Gasteiger partial charge in [-0.15, -0.1) is 11.3 Å². The maximum atomic E-state index is 12.3. The third-order valence-electron chi connectivity index (χ3n) is 3.90. The van der Waals surface area contributed by atoms with E-state index in [9.17, 15) is 4.79 Å². The molecule has 0 spiro atoms. The van der Waals surface area contributed by atoms with E-state index in [1.807, 2.05) is 31.2 Å². The van der Waals surface area contributed by atoms with Crippen molar-refractivity contribution in [1.82, 2.24) is 10.3 Å². The molecular weight excluding hydrogens is 403 g/mol. The van der Waals surface area contributed by atoms with Crippen LogP contribution >= 0.6 is 34.5 Å². The van der Waals surface area contributed by atoms with E-state index in [-0.39, 0.29) is 5.91 Å². The molecule has 1 aromatic heterocycles.